The summed E-state index contributed by atoms with van der Waals surface area (Å²) in [5.74, 6) is -0.0658. The van der Waals surface area contributed by atoms with E-state index >= 15 is 0 Å². The molecule has 2 N–H and O–H groups in total. The van der Waals surface area contributed by atoms with Crippen molar-refractivity contribution in [2.45, 2.75) is 43.4 Å². The second-order valence-electron chi connectivity index (χ2n) is 5.05. The number of hydrogen-bond donors (Lipinski definition) is 1. The molecule has 1 fully saturated rings. The third-order valence-corrected chi connectivity index (χ3v) is 5.32. The number of esters is 1. The van der Waals surface area contributed by atoms with E-state index in [1.165, 1.54) is 39.2 Å². The van der Waals surface area contributed by atoms with E-state index in [1.807, 2.05) is 16.3 Å². The molecule has 106 valence electrons. The Balaban J connectivity index is 2.18. The molecule has 1 aliphatic rings. The highest BCUT2D eigenvalue weighted by Gasteiger charge is 2.32. The normalized spacial score (nSPS) is 18.2. The molecule has 1 heterocycles. The molecule has 1 aromatic heterocycles. The molecule has 0 bridgehead atoms. The van der Waals surface area contributed by atoms with Crippen molar-refractivity contribution in [1.82, 2.24) is 9.55 Å². The summed E-state index contributed by atoms with van der Waals surface area (Å²) in [4.78, 5) is 15.6. The quantitative estimate of drug-likeness (QED) is 0.859. The summed E-state index contributed by atoms with van der Waals surface area (Å²) in [6.07, 6.45) is 10.0. The van der Waals surface area contributed by atoms with Crippen molar-refractivity contribution in [3.05, 3.63) is 12.0 Å². The third kappa shape index (κ3) is 2.88. The highest BCUT2D eigenvalue weighted by atomic mass is 32.2. The summed E-state index contributed by atoms with van der Waals surface area (Å²) in [5, 5.41) is 0. The van der Waals surface area contributed by atoms with E-state index in [1.54, 1.807) is 6.33 Å². The number of rotatable bonds is 4. The Morgan fingerprint density at radius 1 is 1.53 bits per heavy atom. The monoisotopic (exact) mass is 283 g/mol. The molecule has 2 rings (SSSR count). The van der Waals surface area contributed by atoms with Crippen molar-refractivity contribution < 1.29 is 9.53 Å². The van der Waals surface area contributed by atoms with Gasteiger partial charge in [-0.3, -0.25) is 0 Å². The van der Waals surface area contributed by atoms with Crippen LogP contribution < -0.4 is 5.73 Å². The van der Waals surface area contributed by atoms with E-state index in [-0.39, 0.29) is 10.4 Å². The number of carbonyl (C=O) groups is 1. The minimum absolute atomic E-state index is 0.217. The maximum absolute atomic E-state index is 11.5. The van der Waals surface area contributed by atoms with Crippen molar-refractivity contribution in [2.75, 3.05) is 19.1 Å². The fraction of sp³-hybridized carbons (Fsp3) is 0.692. The van der Waals surface area contributed by atoms with Gasteiger partial charge < -0.3 is 15.0 Å². The standard InChI is InChI=1S/C13H21N3O2S/c1-18-12(17)10-11(14)16(9-15-10)8-13(19-2)6-4-3-5-7-13/h9H,3-8,14H2,1-2H3. The van der Waals surface area contributed by atoms with Gasteiger partial charge in [0, 0.05) is 11.3 Å². The lowest BCUT2D eigenvalue weighted by atomic mass is 9.88. The topological polar surface area (TPSA) is 70.1 Å². The van der Waals surface area contributed by atoms with Crippen molar-refractivity contribution in [3.8, 4) is 0 Å². The van der Waals surface area contributed by atoms with Crippen molar-refractivity contribution >= 4 is 23.5 Å². The lowest BCUT2D eigenvalue weighted by molar-refractivity contribution is 0.0596. The molecule has 1 aliphatic carbocycles. The van der Waals surface area contributed by atoms with E-state index in [2.05, 4.69) is 16.0 Å². The summed E-state index contributed by atoms with van der Waals surface area (Å²) in [6.45, 7) is 0.810. The van der Waals surface area contributed by atoms with Crippen LogP contribution in [-0.2, 0) is 11.3 Å². The highest BCUT2D eigenvalue weighted by Crippen LogP contribution is 2.40. The van der Waals surface area contributed by atoms with Crippen LogP contribution in [0.3, 0.4) is 0 Å². The SMILES string of the molecule is COC(=O)c1ncn(CC2(SC)CCCCC2)c1N. The summed E-state index contributed by atoms with van der Waals surface area (Å²) in [6, 6.07) is 0. The predicted octanol–water partition coefficient (Wildman–Crippen LogP) is 2.32. The van der Waals surface area contributed by atoms with Gasteiger partial charge in [0.25, 0.3) is 0 Å². The van der Waals surface area contributed by atoms with E-state index in [0.717, 1.165) is 6.54 Å². The van der Waals surface area contributed by atoms with E-state index in [0.29, 0.717) is 5.82 Å². The maximum Gasteiger partial charge on any atom is 0.360 e. The zero-order chi connectivity index (χ0) is 13.9. The second-order valence-corrected chi connectivity index (χ2v) is 6.32. The Hall–Kier alpha value is -1.17. The number of nitrogen functional groups attached to an aromatic ring is 1. The Bertz CT molecular complexity index is 453. The number of methoxy groups -OCH3 is 1. The fourth-order valence-electron chi connectivity index (χ4n) is 2.71. The molecule has 0 radical (unpaired) electrons. The molecule has 0 spiro atoms. The van der Waals surface area contributed by atoms with Crippen molar-refractivity contribution in [1.29, 1.82) is 0 Å². The van der Waals surface area contributed by atoms with Crippen molar-refractivity contribution in [3.63, 3.8) is 0 Å². The summed E-state index contributed by atoms with van der Waals surface area (Å²) in [5.41, 5.74) is 6.22. The van der Waals surface area contributed by atoms with E-state index in [4.69, 9.17) is 5.73 Å². The third-order valence-electron chi connectivity index (χ3n) is 3.91. The van der Waals surface area contributed by atoms with Gasteiger partial charge in [-0.2, -0.15) is 11.8 Å². The zero-order valence-corrected chi connectivity index (χ0v) is 12.3. The number of imidazole rings is 1. The Morgan fingerprint density at radius 2 is 2.21 bits per heavy atom. The fourth-order valence-corrected chi connectivity index (χ4v) is 3.67. The molecule has 1 aromatic rings. The van der Waals surface area contributed by atoms with Crippen LogP contribution >= 0.6 is 11.8 Å². The number of thioether (sulfide) groups is 1. The molecule has 0 atom stereocenters. The number of ether oxygens (including phenoxy) is 1. The molecular formula is C13H21N3O2S. The summed E-state index contributed by atoms with van der Waals surface area (Å²) < 4.78 is 6.78. The first kappa shape index (κ1) is 14.2. The average Bonchev–Trinajstić information content (AvgIpc) is 2.80. The zero-order valence-electron chi connectivity index (χ0n) is 11.5. The van der Waals surface area contributed by atoms with E-state index < -0.39 is 5.97 Å². The molecule has 19 heavy (non-hydrogen) atoms. The average molecular weight is 283 g/mol. The molecule has 6 heteroatoms. The van der Waals surface area contributed by atoms with Crippen LogP contribution in [0, 0.1) is 0 Å². The van der Waals surface area contributed by atoms with Gasteiger partial charge in [0.05, 0.1) is 13.4 Å². The molecule has 5 nitrogen and oxygen atoms in total. The maximum atomic E-state index is 11.5. The number of carbonyl (C=O) groups excluding carboxylic acids is 1. The highest BCUT2D eigenvalue weighted by molar-refractivity contribution is 8.00. The number of anilines is 1. The molecule has 0 saturated heterocycles. The van der Waals surface area contributed by atoms with Gasteiger partial charge in [0.2, 0.25) is 0 Å². The number of aromatic nitrogens is 2. The molecule has 1 saturated carbocycles. The van der Waals surface area contributed by atoms with Gasteiger partial charge in [-0.05, 0) is 19.1 Å². The van der Waals surface area contributed by atoms with Gasteiger partial charge in [-0.1, -0.05) is 19.3 Å². The van der Waals surface area contributed by atoms with Crippen molar-refractivity contribution in [2.24, 2.45) is 0 Å². The summed E-state index contributed by atoms with van der Waals surface area (Å²) in [7, 11) is 1.34. The van der Waals surface area contributed by atoms with Gasteiger partial charge in [0.1, 0.15) is 5.82 Å². The Labute approximate surface area is 117 Å². The minimum Gasteiger partial charge on any atom is -0.464 e. The smallest absolute Gasteiger partial charge is 0.360 e. The number of nitrogens with zero attached hydrogens (tertiary/aromatic N) is 2. The van der Waals surface area contributed by atoms with Crippen LogP contribution in [0.5, 0.6) is 0 Å². The molecular weight excluding hydrogens is 262 g/mol. The van der Waals surface area contributed by atoms with Crippen LogP contribution in [0.4, 0.5) is 5.82 Å². The number of nitrogens with two attached hydrogens (primary N) is 1. The van der Waals surface area contributed by atoms with Gasteiger partial charge in [0.15, 0.2) is 5.69 Å². The summed E-state index contributed by atoms with van der Waals surface area (Å²) >= 11 is 1.90. The molecule has 0 aliphatic heterocycles. The lowest BCUT2D eigenvalue weighted by Crippen LogP contribution is -2.33. The van der Waals surface area contributed by atoms with Crippen LogP contribution in [0.25, 0.3) is 0 Å². The first-order chi connectivity index (χ1) is 9.12. The lowest BCUT2D eigenvalue weighted by Gasteiger charge is -2.36. The largest absolute Gasteiger partial charge is 0.464 e. The van der Waals surface area contributed by atoms with Gasteiger partial charge in [-0.25, -0.2) is 9.78 Å². The van der Waals surface area contributed by atoms with Crippen LogP contribution in [0.15, 0.2) is 6.33 Å². The Kier molecular flexibility index (Phi) is 4.39. The van der Waals surface area contributed by atoms with Gasteiger partial charge >= 0.3 is 5.97 Å². The van der Waals surface area contributed by atoms with E-state index in [9.17, 15) is 4.79 Å². The Morgan fingerprint density at radius 3 is 2.79 bits per heavy atom. The van der Waals surface area contributed by atoms with Crippen LogP contribution in [0.2, 0.25) is 0 Å². The van der Waals surface area contributed by atoms with Crippen LogP contribution in [-0.4, -0.2) is 33.6 Å². The molecule has 0 aromatic carbocycles. The first-order valence-corrected chi connectivity index (χ1v) is 7.78. The predicted molar refractivity (Wildman–Crippen MR) is 77.3 cm³/mol. The molecule has 0 unspecified atom stereocenters. The minimum atomic E-state index is -0.474. The van der Waals surface area contributed by atoms with Crippen LogP contribution in [0.1, 0.15) is 42.6 Å². The van der Waals surface area contributed by atoms with Gasteiger partial charge in [-0.15, -0.1) is 0 Å². The second kappa shape index (κ2) is 5.86. The molecule has 0 amide bonds. The first-order valence-electron chi connectivity index (χ1n) is 6.56. The number of hydrogen-bond acceptors (Lipinski definition) is 5.